The van der Waals surface area contributed by atoms with Crippen LogP contribution in [-0.4, -0.2) is 9.55 Å². The lowest BCUT2D eigenvalue weighted by Crippen LogP contribution is -1.97. The number of benzene rings is 2. The van der Waals surface area contributed by atoms with E-state index < -0.39 is 0 Å². The third kappa shape index (κ3) is 3.53. The van der Waals surface area contributed by atoms with Crippen molar-refractivity contribution in [2.45, 2.75) is 6.42 Å². The fourth-order valence-corrected chi connectivity index (χ4v) is 2.32. The molecule has 3 nitrogen and oxygen atoms in total. The summed E-state index contributed by atoms with van der Waals surface area (Å²) in [6, 6.07) is 16.0. The molecule has 0 aliphatic rings. The Morgan fingerprint density at radius 1 is 1.13 bits per heavy atom. The molecule has 3 rings (SSSR count). The monoisotopic (exact) mass is 303 g/mol. The molecule has 23 heavy (non-hydrogen) atoms. The maximum absolute atomic E-state index is 13.0. The summed E-state index contributed by atoms with van der Waals surface area (Å²) in [5.74, 6) is -0.236. The van der Waals surface area contributed by atoms with Crippen LogP contribution in [-0.2, 0) is 6.42 Å². The van der Waals surface area contributed by atoms with Crippen LogP contribution < -0.4 is 0 Å². The van der Waals surface area contributed by atoms with E-state index in [1.165, 1.54) is 12.1 Å². The predicted molar refractivity (Wildman–Crippen MR) is 86.9 cm³/mol. The van der Waals surface area contributed by atoms with Crippen LogP contribution >= 0.6 is 0 Å². The van der Waals surface area contributed by atoms with E-state index in [2.05, 4.69) is 17.1 Å². The molecule has 0 saturated carbocycles. The fourth-order valence-electron chi connectivity index (χ4n) is 2.32. The number of halogens is 1. The standard InChI is InChI=1S/C19H14FN3/c20-18-8-3-15(4-9-18)5-10-19(23-12-11-22-14-23)17-6-1-16(13-21)2-7-17/h1-4,6-12,14H,5H2. The van der Waals surface area contributed by atoms with Crippen molar-refractivity contribution in [3.8, 4) is 6.07 Å². The molecule has 0 saturated heterocycles. The summed E-state index contributed by atoms with van der Waals surface area (Å²) in [7, 11) is 0. The Morgan fingerprint density at radius 3 is 2.48 bits per heavy atom. The molecule has 0 fully saturated rings. The van der Waals surface area contributed by atoms with Crippen molar-refractivity contribution in [3.05, 3.63) is 95.8 Å². The molecular formula is C19H14FN3. The van der Waals surface area contributed by atoms with Crippen LogP contribution in [0.2, 0.25) is 0 Å². The molecule has 0 aliphatic heterocycles. The predicted octanol–water partition coefficient (Wildman–Crippen LogP) is 4.03. The van der Waals surface area contributed by atoms with E-state index in [1.807, 2.05) is 22.9 Å². The van der Waals surface area contributed by atoms with Gasteiger partial charge in [0, 0.05) is 12.4 Å². The van der Waals surface area contributed by atoms with E-state index in [4.69, 9.17) is 5.26 Å². The van der Waals surface area contributed by atoms with Gasteiger partial charge in [-0.15, -0.1) is 0 Å². The van der Waals surface area contributed by atoms with Crippen LogP contribution in [0.1, 0.15) is 16.7 Å². The van der Waals surface area contributed by atoms with Crippen molar-refractivity contribution in [2.24, 2.45) is 0 Å². The number of nitriles is 1. The molecule has 1 heterocycles. The Bertz CT molecular complexity index is 839. The normalized spacial score (nSPS) is 11.2. The summed E-state index contributed by atoms with van der Waals surface area (Å²) in [4.78, 5) is 4.09. The number of rotatable bonds is 4. The zero-order valence-electron chi connectivity index (χ0n) is 12.4. The van der Waals surface area contributed by atoms with Crippen molar-refractivity contribution in [2.75, 3.05) is 0 Å². The molecule has 112 valence electrons. The molecule has 2 aromatic carbocycles. The van der Waals surface area contributed by atoms with Crippen LogP contribution in [0.3, 0.4) is 0 Å². The molecule has 0 spiro atoms. The minimum atomic E-state index is -0.236. The van der Waals surface area contributed by atoms with Gasteiger partial charge >= 0.3 is 0 Å². The summed E-state index contributed by atoms with van der Waals surface area (Å²) >= 11 is 0. The number of allylic oxidation sites excluding steroid dienone is 1. The molecule has 4 heteroatoms. The van der Waals surface area contributed by atoms with Crippen molar-refractivity contribution in [1.29, 1.82) is 5.26 Å². The number of hydrogen-bond acceptors (Lipinski definition) is 2. The quantitative estimate of drug-likeness (QED) is 0.730. The Hall–Kier alpha value is -3.19. The SMILES string of the molecule is N#Cc1ccc(C(=CCc2ccc(F)cc2)n2ccnc2)cc1. The Kier molecular flexibility index (Phi) is 4.30. The van der Waals surface area contributed by atoms with Gasteiger partial charge < -0.3 is 4.57 Å². The first-order valence-electron chi connectivity index (χ1n) is 7.20. The second kappa shape index (κ2) is 6.71. The lowest BCUT2D eigenvalue weighted by molar-refractivity contribution is 0.627. The lowest BCUT2D eigenvalue weighted by Gasteiger charge is -2.09. The zero-order valence-corrected chi connectivity index (χ0v) is 12.4. The number of imidazole rings is 1. The maximum atomic E-state index is 13.0. The summed E-state index contributed by atoms with van der Waals surface area (Å²) in [5, 5.41) is 8.92. The second-order valence-electron chi connectivity index (χ2n) is 5.08. The molecule has 0 N–H and O–H groups in total. The summed E-state index contributed by atoms with van der Waals surface area (Å²) < 4.78 is 14.9. The van der Waals surface area contributed by atoms with Gasteiger partial charge in [-0.3, -0.25) is 0 Å². The van der Waals surface area contributed by atoms with Crippen molar-refractivity contribution in [3.63, 3.8) is 0 Å². The molecule has 0 unspecified atom stereocenters. The van der Waals surface area contributed by atoms with Crippen LogP contribution in [0.4, 0.5) is 4.39 Å². The first kappa shape index (κ1) is 14.7. The van der Waals surface area contributed by atoms with E-state index in [-0.39, 0.29) is 5.82 Å². The summed E-state index contributed by atoms with van der Waals surface area (Å²) in [5.41, 5.74) is 3.61. The molecule has 1 aromatic heterocycles. The minimum Gasteiger partial charge on any atom is -0.306 e. The van der Waals surface area contributed by atoms with E-state index in [0.717, 1.165) is 16.8 Å². The van der Waals surface area contributed by atoms with Gasteiger partial charge in [-0.05, 0) is 41.8 Å². The zero-order chi connectivity index (χ0) is 16.1. The van der Waals surface area contributed by atoms with Gasteiger partial charge in [-0.2, -0.15) is 5.26 Å². The number of hydrogen-bond donors (Lipinski definition) is 0. The first-order valence-corrected chi connectivity index (χ1v) is 7.20. The third-order valence-corrected chi connectivity index (χ3v) is 3.54. The Morgan fingerprint density at radius 2 is 1.87 bits per heavy atom. The Labute approximate surface area is 134 Å². The third-order valence-electron chi connectivity index (χ3n) is 3.54. The van der Waals surface area contributed by atoms with Gasteiger partial charge in [-0.25, -0.2) is 9.37 Å². The molecule has 0 aliphatic carbocycles. The maximum Gasteiger partial charge on any atom is 0.123 e. The van der Waals surface area contributed by atoms with Crippen LogP contribution in [0, 0.1) is 17.1 Å². The molecule has 0 bridgehead atoms. The van der Waals surface area contributed by atoms with Gasteiger partial charge in [0.05, 0.1) is 23.7 Å². The number of nitrogens with zero attached hydrogens (tertiary/aromatic N) is 3. The van der Waals surface area contributed by atoms with Crippen LogP contribution in [0.25, 0.3) is 5.70 Å². The first-order chi connectivity index (χ1) is 11.3. The largest absolute Gasteiger partial charge is 0.306 e. The molecule has 0 amide bonds. The smallest absolute Gasteiger partial charge is 0.123 e. The highest BCUT2D eigenvalue weighted by Gasteiger charge is 2.04. The molecular weight excluding hydrogens is 289 g/mol. The topological polar surface area (TPSA) is 41.6 Å². The number of aromatic nitrogens is 2. The highest BCUT2D eigenvalue weighted by atomic mass is 19.1. The average Bonchev–Trinajstić information content (AvgIpc) is 3.12. The van der Waals surface area contributed by atoms with Crippen LogP contribution in [0.15, 0.2) is 73.3 Å². The van der Waals surface area contributed by atoms with E-state index in [0.29, 0.717) is 12.0 Å². The minimum absolute atomic E-state index is 0.236. The summed E-state index contributed by atoms with van der Waals surface area (Å²) in [6.45, 7) is 0. The summed E-state index contributed by atoms with van der Waals surface area (Å²) in [6.07, 6.45) is 8.06. The van der Waals surface area contributed by atoms with Crippen LogP contribution in [0.5, 0.6) is 0 Å². The van der Waals surface area contributed by atoms with E-state index in [1.54, 1.807) is 36.8 Å². The molecule has 3 aromatic rings. The average molecular weight is 303 g/mol. The van der Waals surface area contributed by atoms with Crippen molar-refractivity contribution >= 4 is 5.70 Å². The highest BCUT2D eigenvalue weighted by molar-refractivity contribution is 5.66. The highest BCUT2D eigenvalue weighted by Crippen LogP contribution is 2.19. The molecule has 0 atom stereocenters. The van der Waals surface area contributed by atoms with Gasteiger partial charge in [0.2, 0.25) is 0 Å². The van der Waals surface area contributed by atoms with E-state index >= 15 is 0 Å². The lowest BCUT2D eigenvalue weighted by atomic mass is 10.1. The van der Waals surface area contributed by atoms with Crippen molar-refractivity contribution in [1.82, 2.24) is 9.55 Å². The van der Waals surface area contributed by atoms with Gasteiger partial charge in [0.15, 0.2) is 0 Å². The van der Waals surface area contributed by atoms with Gasteiger partial charge in [0.25, 0.3) is 0 Å². The van der Waals surface area contributed by atoms with Gasteiger partial charge in [-0.1, -0.05) is 30.3 Å². The van der Waals surface area contributed by atoms with E-state index in [9.17, 15) is 4.39 Å². The van der Waals surface area contributed by atoms with Crippen molar-refractivity contribution < 1.29 is 4.39 Å². The second-order valence-corrected chi connectivity index (χ2v) is 5.08. The molecule has 0 radical (unpaired) electrons. The fraction of sp³-hybridized carbons (Fsp3) is 0.0526. The Balaban J connectivity index is 1.93. The van der Waals surface area contributed by atoms with Gasteiger partial charge in [0.1, 0.15) is 5.82 Å².